The molecule has 11 heteroatoms. The second-order valence-corrected chi connectivity index (χ2v) is 9.07. The summed E-state index contributed by atoms with van der Waals surface area (Å²) in [5.41, 5.74) is 1.19. The maximum atomic E-state index is 13.4. The Balaban J connectivity index is 1.42. The van der Waals surface area contributed by atoms with Crippen molar-refractivity contribution in [3.8, 4) is 11.5 Å². The van der Waals surface area contributed by atoms with Gasteiger partial charge in [0.05, 0.1) is 18.2 Å². The van der Waals surface area contributed by atoms with Gasteiger partial charge in [-0.25, -0.2) is 4.68 Å². The third kappa shape index (κ3) is 3.93. The van der Waals surface area contributed by atoms with E-state index in [1.807, 2.05) is 22.9 Å². The van der Waals surface area contributed by atoms with E-state index in [9.17, 15) is 4.79 Å². The van der Waals surface area contributed by atoms with E-state index in [1.165, 1.54) is 0 Å². The van der Waals surface area contributed by atoms with E-state index in [0.717, 1.165) is 57.6 Å². The Kier molecular flexibility index (Phi) is 5.67. The third-order valence-electron chi connectivity index (χ3n) is 7.08. The number of rotatable bonds is 6. The molecule has 6 rings (SSSR count). The summed E-state index contributed by atoms with van der Waals surface area (Å²) in [5.74, 6) is 2.00. The van der Waals surface area contributed by atoms with Crippen molar-refractivity contribution in [3.05, 3.63) is 39.9 Å². The minimum atomic E-state index is -0.367. The third-order valence-corrected chi connectivity index (χ3v) is 7.08. The number of benzene rings is 1. The minimum absolute atomic E-state index is 0.0921. The van der Waals surface area contributed by atoms with Gasteiger partial charge in [0.25, 0.3) is 5.56 Å². The normalized spacial score (nSPS) is 22.0. The highest BCUT2D eigenvalue weighted by Gasteiger charge is 2.33. The molecule has 0 radical (unpaired) electrons. The number of likely N-dealkylation sites (N-methyl/N-ethyl adjacent to an activating group) is 1. The van der Waals surface area contributed by atoms with Crippen LogP contribution in [-0.4, -0.2) is 87.2 Å². The first kappa shape index (κ1) is 21.5. The Morgan fingerprint density at radius 2 is 1.97 bits per heavy atom. The zero-order chi connectivity index (χ0) is 23.1. The van der Waals surface area contributed by atoms with Gasteiger partial charge in [-0.1, -0.05) is 6.92 Å². The van der Waals surface area contributed by atoms with Gasteiger partial charge in [-0.05, 0) is 41.9 Å². The minimum Gasteiger partial charge on any atom is -0.454 e. The van der Waals surface area contributed by atoms with Crippen molar-refractivity contribution in [2.24, 2.45) is 0 Å². The molecule has 2 fully saturated rings. The lowest BCUT2D eigenvalue weighted by Gasteiger charge is -2.38. The van der Waals surface area contributed by atoms with Gasteiger partial charge in [0.2, 0.25) is 6.79 Å². The van der Waals surface area contributed by atoms with Crippen LogP contribution in [0.5, 0.6) is 11.5 Å². The van der Waals surface area contributed by atoms with Crippen molar-refractivity contribution in [1.82, 2.24) is 35.0 Å². The van der Waals surface area contributed by atoms with Gasteiger partial charge in [0.15, 0.2) is 17.3 Å². The average Bonchev–Trinajstić information content (AvgIpc) is 3.62. The number of nitrogens with one attached hydrogen (secondary N) is 1. The molecule has 2 saturated heterocycles. The Bertz CT molecular complexity index is 1230. The Morgan fingerprint density at radius 1 is 1.15 bits per heavy atom. The summed E-state index contributed by atoms with van der Waals surface area (Å²) in [4.78, 5) is 21.2. The van der Waals surface area contributed by atoms with Gasteiger partial charge in [-0.15, -0.1) is 5.10 Å². The molecule has 11 nitrogen and oxygen atoms in total. The molecule has 34 heavy (non-hydrogen) atoms. The summed E-state index contributed by atoms with van der Waals surface area (Å²) < 4.78 is 18.7. The number of aromatic amines is 1. The number of aromatic nitrogens is 5. The zero-order valence-electron chi connectivity index (χ0n) is 19.3. The predicted octanol–water partition coefficient (Wildman–Crippen LogP) is 1.15. The molecule has 0 spiro atoms. The molecule has 5 heterocycles. The molecule has 3 aromatic rings. The lowest BCUT2D eigenvalue weighted by molar-refractivity contribution is 0.0860. The molecule has 1 aromatic carbocycles. The molecule has 1 N–H and O–H groups in total. The highest BCUT2D eigenvalue weighted by atomic mass is 16.7. The second-order valence-electron chi connectivity index (χ2n) is 9.07. The van der Waals surface area contributed by atoms with Crippen LogP contribution in [0, 0.1) is 0 Å². The maximum Gasteiger partial charge on any atom is 0.253 e. The Labute approximate surface area is 196 Å². The van der Waals surface area contributed by atoms with Crippen LogP contribution >= 0.6 is 0 Å². The van der Waals surface area contributed by atoms with Crippen molar-refractivity contribution in [2.75, 3.05) is 46.1 Å². The summed E-state index contributed by atoms with van der Waals surface area (Å²) in [6, 6.07) is 5.31. The predicted molar refractivity (Wildman–Crippen MR) is 123 cm³/mol. The molecule has 0 saturated carbocycles. The number of H-pyrrole nitrogens is 1. The fourth-order valence-corrected chi connectivity index (χ4v) is 5.17. The van der Waals surface area contributed by atoms with E-state index >= 15 is 0 Å². The van der Waals surface area contributed by atoms with Crippen LogP contribution in [0.4, 0.5) is 0 Å². The van der Waals surface area contributed by atoms with Crippen LogP contribution in [0.25, 0.3) is 10.9 Å². The van der Waals surface area contributed by atoms with Gasteiger partial charge < -0.3 is 24.1 Å². The van der Waals surface area contributed by atoms with Crippen LogP contribution in [0.2, 0.25) is 0 Å². The molecular weight excluding hydrogens is 438 g/mol. The largest absolute Gasteiger partial charge is 0.454 e. The maximum absolute atomic E-state index is 13.4. The van der Waals surface area contributed by atoms with Crippen LogP contribution < -0.4 is 15.0 Å². The first-order valence-corrected chi connectivity index (χ1v) is 12.0. The van der Waals surface area contributed by atoms with Crippen molar-refractivity contribution in [1.29, 1.82) is 0 Å². The van der Waals surface area contributed by atoms with Crippen molar-refractivity contribution < 1.29 is 14.2 Å². The summed E-state index contributed by atoms with van der Waals surface area (Å²) in [6.45, 7) is 8.24. The summed E-state index contributed by atoms with van der Waals surface area (Å²) in [6.07, 6.45) is 2.13. The Morgan fingerprint density at radius 3 is 2.74 bits per heavy atom. The number of pyridine rings is 1. The summed E-state index contributed by atoms with van der Waals surface area (Å²) in [5, 5.41) is 13.6. The molecular formula is C23H29N7O4. The highest BCUT2D eigenvalue weighted by Crippen LogP contribution is 2.36. The topological polar surface area (TPSA) is 111 Å². The van der Waals surface area contributed by atoms with Crippen LogP contribution in [-0.2, 0) is 11.3 Å². The zero-order valence-corrected chi connectivity index (χ0v) is 19.3. The number of piperazine rings is 1. The number of hydrogen-bond acceptors (Lipinski definition) is 9. The molecule has 0 aliphatic carbocycles. The number of ether oxygens (including phenoxy) is 3. The first-order chi connectivity index (χ1) is 16.7. The number of hydrogen-bond donors (Lipinski definition) is 1. The van der Waals surface area contributed by atoms with Crippen molar-refractivity contribution in [2.45, 2.75) is 38.5 Å². The number of nitrogens with zero attached hydrogens (tertiary/aromatic N) is 6. The van der Waals surface area contributed by atoms with Crippen LogP contribution in [0.3, 0.4) is 0 Å². The Hall–Kier alpha value is -3.02. The standard InChI is InChI=1S/C23H29N7O4/c1-2-28-5-7-29(8-6-28)21(22-25-26-27-30(22)13-16-4-3-9-32-16)17-10-15-11-19-20(34-14-33-19)12-18(15)24-23(17)31/h10-12,16,21H,2-9,13-14H2,1H3,(H,24,31)/t16-,21-/m1/s1. The molecule has 2 aromatic heterocycles. The van der Waals surface area contributed by atoms with E-state index in [1.54, 1.807) is 0 Å². The highest BCUT2D eigenvalue weighted by molar-refractivity contribution is 5.83. The fourth-order valence-electron chi connectivity index (χ4n) is 5.17. The first-order valence-electron chi connectivity index (χ1n) is 12.0. The molecule has 3 aliphatic rings. The van der Waals surface area contributed by atoms with E-state index in [0.29, 0.717) is 34.9 Å². The summed E-state index contributed by atoms with van der Waals surface area (Å²) >= 11 is 0. The molecule has 180 valence electrons. The summed E-state index contributed by atoms with van der Waals surface area (Å²) in [7, 11) is 0. The molecule has 2 atom stereocenters. The van der Waals surface area contributed by atoms with E-state index < -0.39 is 0 Å². The van der Waals surface area contributed by atoms with Crippen molar-refractivity contribution >= 4 is 10.9 Å². The van der Waals surface area contributed by atoms with Crippen LogP contribution in [0.15, 0.2) is 23.0 Å². The van der Waals surface area contributed by atoms with Crippen molar-refractivity contribution in [3.63, 3.8) is 0 Å². The van der Waals surface area contributed by atoms with E-state index in [4.69, 9.17) is 14.2 Å². The van der Waals surface area contributed by atoms with E-state index in [2.05, 4.69) is 37.2 Å². The van der Waals surface area contributed by atoms with Gasteiger partial charge in [0.1, 0.15) is 6.04 Å². The SMILES string of the molecule is CCN1CCN([C@H](c2cc3cc4c(cc3[nH]c2=O)OCO4)c2nnnn2C[C@H]2CCCO2)CC1. The fraction of sp³-hybridized carbons (Fsp3) is 0.565. The molecule has 0 unspecified atom stereocenters. The van der Waals surface area contributed by atoms with Gasteiger partial charge >= 0.3 is 0 Å². The monoisotopic (exact) mass is 467 g/mol. The van der Waals surface area contributed by atoms with Gasteiger partial charge in [-0.2, -0.15) is 0 Å². The number of tetrazole rings is 1. The molecule has 0 amide bonds. The van der Waals surface area contributed by atoms with Gasteiger partial charge in [-0.3, -0.25) is 9.69 Å². The lowest BCUT2D eigenvalue weighted by atomic mass is 10.0. The van der Waals surface area contributed by atoms with E-state index in [-0.39, 0.29) is 24.5 Å². The molecule has 3 aliphatic heterocycles. The lowest BCUT2D eigenvalue weighted by Crippen LogP contribution is -2.49. The van der Waals surface area contributed by atoms with Crippen LogP contribution in [0.1, 0.15) is 37.2 Å². The smallest absolute Gasteiger partial charge is 0.253 e. The number of fused-ring (bicyclic) bond motifs is 2. The second kappa shape index (κ2) is 8.97. The quantitative estimate of drug-likeness (QED) is 0.571. The molecule has 0 bridgehead atoms. The average molecular weight is 468 g/mol. The van der Waals surface area contributed by atoms with Gasteiger partial charge in [0, 0.05) is 49.8 Å².